The second-order valence-electron chi connectivity index (χ2n) is 7.55. The average Bonchev–Trinajstić information content (AvgIpc) is 2.74. The van der Waals surface area contributed by atoms with Crippen molar-refractivity contribution in [3.8, 4) is 5.75 Å². The van der Waals surface area contributed by atoms with E-state index in [0.717, 1.165) is 11.1 Å². The minimum absolute atomic E-state index is 0.0896. The van der Waals surface area contributed by atoms with Gasteiger partial charge in [0.1, 0.15) is 17.0 Å². The molecule has 2 rings (SSSR count). The van der Waals surface area contributed by atoms with Crippen LogP contribution in [0.25, 0.3) is 0 Å². The number of hydrogen-bond acceptors (Lipinski definition) is 5. The highest BCUT2D eigenvalue weighted by Crippen LogP contribution is 2.36. The minimum atomic E-state index is -0.565. The Morgan fingerprint density at radius 3 is 2.74 bits per heavy atom. The third-order valence-corrected chi connectivity index (χ3v) is 5.39. The Labute approximate surface area is 189 Å². The van der Waals surface area contributed by atoms with E-state index < -0.39 is 12.3 Å². The van der Waals surface area contributed by atoms with E-state index in [-0.39, 0.29) is 18.4 Å². The van der Waals surface area contributed by atoms with Crippen molar-refractivity contribution in [3.05, 3.63) is 46.5 Å². The molecule has 170 valence electrons. The zero-order valence-corrected chi connectivity index (χ0v) is 19.5. The monoisotopic (exact) mass is 450 g/mol. The molecule has 1 aliphatic rings. The van der Waals surface area contributed by atoms with Gasteiger partial charge < -0.3 is 19.1 Å². The van der Waals surface area contributed by atoms with E-state index in [9.17, 15) is 9.59 Å². The number of fused-ring (bicyclic) bond motifs is 2. The maximum absolute atomic E-state index is 12.8. The number of methoxy groups -OCH3 is 2. The number of carbonyl (C=O) groups is 2. The van der Waals surface area contributed by atoms with Crippen molar-refractivity contribution in [2.24, 2.45) is 0 Å². The van der Waals surface area contributed by atoms with Crippen molar-refractivity contribution in [1.82, 2.24) is 5.32 Å². The van der Waals surface area contributed by atoms with Gasteiger partial charge in [-0.15, -0.1) is 0 Å². The number of nitrogens with zero attached hydrogens (tertiary/aromatic N) is 1. The molecule has 0 radical (unpaired) electrons. The minimum Gasteiger partial charge on any atom is -0.495 e. The predicted molar refractivity (Wildman–Crippen MR) is 122 cm³/mol. The summed E-state index contributed by atoms with van der Waals surface area (Å²) in [4.78, 5) is 26.0. The highest BCUT2D eigenvalue weighted by Gasteiger charge is 2.21. The van der Waals surface area contributed by atoms with Crippen LogP contribution in [-0.4, -0.2) is 45.6 Å². The number of alkyl carbamates (subject to hydrolysis) is 1. The molecule has 1 aromatic rings. The smallest absolute Gasteiger partial charge is 0.408 e. The van der Waals surface area contributed by atoms with Crippen LogP contribution in [0.4, 0.5) is 10.5 Å². The van der Waals surface area contributed by atoms with Gasteiger partial charge in [0.15, 0.2) is 0 Å². The van der Waals surface area contributed by atoms with Crippen molar-refractivity contribution in [2.45, 2.75) is 51.9 Å². The number of hydrogen-bond donors (Lipinski definition) is 1. The molecule has 0 fully saturated rings. The number of rotatable bonds is 2. The van der Waals surface area contributed by atoms with Gasteiger partial charge in [0.05, 0.1) is 26.0 Å². The molecule has 1 unspecified atom stereocenters. The molecule has 0 saturated heterocycles. The molecule has 31 heavy (non-hydrogen) atoms. The fourth-order valence-corrected chi connectivity index (χ4v) is 3.58. The quantitative estimate of drug-likeness (QED) is 0.710. The molecule has 0 aromatic heterocycles. The third-order valence-electron chi connectivity index (χ3n) is 5.01. The molecular formula is C23H31ClN2O5. The molecule has 8 heteroatoms. The molecule has 2 atom stereocenters. The Hall–Kier alpha value is -2.51. The van der Waals surface area contributed by atoms with Crippen LogP contribution in [0.2, 0.25) is 5.02 Å². The third kappa shape index (κ3) is 7.29. The van der Waals surface area contributed by atoms with E-state index in [0.29, 0.717) is 35.7 Å². The van der Waals surface area contributed by atoms with Crippen LogP contribution in [-0.2, 0) is 20.7 Å². The first kappa shape index (κ1) is 24.8. The Morgan fingerprint density at radius 1 is 1.32 bits per heavy atom. The van der Waals surface area contributed by atoms with E-state index in [1.807, 2.05) is 44.2 Å². The van der Waals surface area contributed by atoms with Gasteiger partial charge in [-0.3, -0.25) is 10.1 Å². The summed E-state index contributed by atoms with van der Waals surface area (Å²) in [6, 6.07) is 3.81. The number of halogens is 1. The van der Waals surface area contributed by atoms with Crippen molar-refractivity contribution in [3.63, 3.8) is 0 Å². The molecular weight excluding hydrogens is 420 g/mol. The summed E-state index contributed by atoms with van der Waals surface area (Å²) in [5.41, 5.74) is 2.71. The fraction of sp³-hybridized carbons (Fsp3) is 0.478. The van der Waals surface area contributed by atoms with Gasteiger partial charge in [-0.25, -0.2) is 4.79 Å². The van der Waals surface area contributed by atoms with Gasteiger partial charge >= 0.3 is 6.09 Å². The first-order valence-corrected chi connectivity index (χ1v) is 10.6. The van der Waals surface area contributed by atoms with Gasteiger partial charge in [-0.1, -0.05) is 35.4 Å². The van der Waals surface area contributed by atoms with Crippen LogP contribution in [0.1, 0.15) is 38.7 Å². The molecule has 0 spiro atoms. The molecule has 1 N–H and O–H groups in total. The highest BCUT2D eigenvalue weighted by atomic mass is 35.5. The molecule has 2 bridgehead atoms. The van der Waals surface area contributed by atoms with E-state index in [1.54, 1.807) is 19.1 Å². The first-order valence-electron chi connectivity index (χ1n) is 10.2. The summed E-state index contributed by atoms with van der Waals surface area (Å²) in [6.45, 7) is 3.89. The lowest BCUT2D eigenvalue weighted by molar-refractivity contribution is -0.119. The van der Waals surface area contributed by atoms with E-state index in [2.05, 4.69) is 10.1 Å². The first-order chi connectivity index (χ1) is 14.7. The van der Waals surface area contributed by atoms with Crippen LogP contribution >= 0.6 is 11.6 Å². The number of carbonyl (C=O) groups excluding carboxylic acids is 2. The zero-order valence-electron chi connectivity index (χ0n) is 18.7. The summed E-state index contributed by atoms with van der Waals surface area (Å²) in [5, 5.41) is 3.08. The zero-order chi connectivity index (χ0) is 23.0. The summed E-state index contributed by atoms with van der Waals surface area (Å²) in [7, 11) is 4.57. The molecule has 0 saturated carbocycles. The van der Waals surface area contributed by atoms with Crippen molar-refractivity contribution >= 4 is 29.3 Å². The highest BCUT2D eigenvalue weighted by molar-refractivity contribution is 6.35. The van der Waals surface area contributed by atoms with Crippen LogP contribution in [0, 0.1) is 0 Å². The predicted octanol–water partition coefficient (Wildman–Crippen LogP) is 4.63. The van der Waals surface area contributed by atoms with Crippen LogP contribution in [0.3, 0.4) is 0 Å². The van der Waals surface area contributed by atoms with Crippen LogP contribution in [0.15, 0.2) is 35.9 Å². The van der Waals surface area contributed by atoms with E-state index in [4.69, 9.17) is 21.1 Å². The molecule has 7 nitrogen and oxygen atoms in total. The van der Waals surface area contributed by atoms with E-state index in [1.165, 1.54) is 7.11 Å². The fourth-order valence-electron chi connectivity index (χ4n) is 3.26. The Bertz CT molecular complexity index is 853. The maximum atomic E-state index is 12.8. The van der Waals surface area contributed by atoms with Gasteiger partial charge in [0.25, 0.3) is 0 Å². The van der Waals surface area contributed by atoms with Crippen molar-refractivity contribution in [1.29, 1.82) is 0 Å². The lowest BCUT2D eigenvalue weighted by atomic mass is 10.0. The largest absolute Gasteiger partial charge is 0.495 e. The molecule has 1 heterocycles. The van der Waals surface area contributed by atoms with Crippen LogP contribution in [0.5, 0.6) is 5.75 Å². The number of nitrogens with one attached hydrogen (secondary N) is 1. The molecule has 0 aliphatic carbocycles. The van der Waals surface area contributed by atoms with Crippen LogP contribution < -0.4 is 15.0 Å². The number of anilines is 1. The Balaban J connectivity index is 2.36. The summed E-state index contributed by atoms with van der Waals surface area (Å²) in [5.74, 6) is 0.444. The molecule has 1 aliphatic heterocycles. The van der Waals surface area contributed by atoms with Crippen molar-refractivity contribution in [2.75, 3.05) is 26.2 Å². The number of ether oxygens (including phenoxy) is 3. The molecule has 2 amide bonds. The summed E-state index contributed by atoms with van der Waals surface area (Å²) in [6.07, 6.45) is 6.37. The topological polar surface area (TPSA) is 77.1 Å². The number of allylic oxidation sites excluding steroid dienone is 3. The lowest BCUT2D eigenvalue weighted by Gasteiger charge is -2.24. The second-order valence-corrected chi connectivity index (χ2v) is 7.93. The van der Waals surface area contributed by atoms with Gasteiger partial charge in [-0.2, -0.15) is 0 Å². The summed E-state index contributed by atoms with van der Waals surface area (Å²) < 4.78 is 16.0. The van der Waals surface area contributed by atoms with Gasteiger partial charge in [0.2, 0.25) is 5.91 Å². The molecule has 1 aromatic carbocycles. The normalized spacial score (nSPS) is 23.5. The SMILES string of the molecule is COC(=O)NC1C/C=C/C=C(\C)Cc2cc(OC)c(Cl)c(c2)N(C)C(=O)CC[C@H](C)O1. The van der Waals surface area contributed by atoms with E-state index >= 15 is 0 Å². The Kier molecular flexibility index (Phi) is 9.40. The van der Waals surface area contributed by atoms with Gasteiger partial charge in [-0.05, 0) is 44.4 Å². The van der Waals surface area contributed by atoms with Gasteiger partial charge in [0, 0.05) is 19.9 Å². The number of benzene rings is 1. The Morgan fingerprint density at radius 2 is 2.06 bits per heavy atom. The van der Waals surface area contributed by atoms with Crippen molar-refractivity contribution < 1.29 is 23.8 Å². The standard InChI is InChI=1S/C23H31ClN2O5/c1-15-8-6-7-9-20(25-23(28)30-5)31-16(2)10-11-21(27)26(3)18-13-17(12-15)14-19(29-4)22(18)24/h6-8,13-14,16,20H,9-12H2,1-5H3,(H,25,28)/b7-6+,15-8+/t16-,20?/m0/s1. The second kappa shape index (κ2) is 11.8. The number of amides is 2. The lowest BCUT2D eigenvalue weighted by Crippen LogP contribution is -2.38. The summed E-state index contributed by atoms with van der Waals surface area (Å²) >= 11 is 6.50. The maximum Gasteiger partial charge on any atom is 0.408 e. The average molecular weight is 451 g/mol.